The van der Waals surface area contributed by atoms with Gasteiger partial charge in [0.15, 0.2) is 5.13 Å². The van der Waals surface area contributed by atoms with Crippen LogP contribution in [0.4, 0.5) is 16.5 Å². The molecule has 0 saturated heterocycles. The molecule has 0 aliphatic rings. The van der Waals surface area contributed by atoms with Gasteiger partial charge in [0, 0.05) is 44.2 Å². The Kier molecular flexibility index (Phi) is 11.2. The molecular formula is C34H25Cl2N5O5S2. The zero-order chi connectivity index (χ0) is 34.2. The molecule has 0 fully saturated rings. The number of aromatic nitrogens is 1. The van der Waals surface area contributed by atoms with Gasteiger partial charge >= 0.3 is 0 Å². The molecule has 1 unspecified atom stereocenters. The van der Waals surface area contributed by atoms with Gasteiger partial charge in [-0.1, -0.05) is 47.5 Å². The molecule has 1 atom stereocenters. The fourth-order valence-electron chi connectivity index (χ4n) is 4.26. The number of carbonyl (C=O) groups excluding carboxylic acids is 3. The van der Waals surface area contributed by atoms with Crippen molar-refractivity contribution in [3.05, 3.63) is 139 Å². The maximum absolute atomic E-state index is 13.5. The van der Waals surface area contributed by atoms with E-state index in [1.807, 2.05) is 0 Å². The Morgan fingerprint density at radius 2 is 1.69 bits per heavy atom. The van der Waals surface area contributed by atoms with Crippen LogP contribution in [-0.4, -0.2) is 32.9 Å². The second-order valence-electron chi connectivity index (χ2n) is 10.1. The Bertz CT molecular complexity index is 2020. The number of nitrogens with one attached hydrogen (secondary N) is 3. The summed E-state index contributed by atoms with van der Waals surface area (Å²) in [5.74, 6) is -1.40. The predicted octanol–water partition coefficient (Wildman–Crippen LogP) is 8.55. The Balaban J connectivity index is 1.26. The molecule has 3 amide bonds. The minimum Gasteiger partial charge on any atom is -0.321 e. The average Bonchev–Trinajstić information content (AvgIpc) is 3.53. The van der Waals surface area contributed by atoms with Crippen molar-refractivity contribution in [2.45, 2.75) is 17.1 Å². The Morgan fingerprint density at radius 3 is 2.40 bits per heavy atom. The monoisotopic (exact) mass is 717 g/mol. The van der Waals surface area contributed by atoms with Crippen LogP contribution in [0.5, 0.6) is 0 Å². The number of benzene rings is 4. The number of thiazole rings is 1. The topological polar surface area (TPSA) is 143 Å². The van der Waals surface area contributed by atoms with Crippen molar-refractivity contribution in [3.8, 4) is 11.3 Å². The van der Waals surface area contributed by atoms with Crippen molar-refractivity contribution in [1.29, 1.82) is 0 Å². The number of anilines is 2. The molecule has 14 heteroatoms. The lowest BCUT2D eigenvalue weighted by atomic mass is 10.1. The average molecular weight is 719 g/mol. The lowest BCUT2D eigenvalue weighted by molar-refractivity contribution is -0.384. The van der Waals surface area contributed by atoms with Gasteiger partial charge in [0.05, 0.1) is 20.9 Å². The van der Waals surface area contributed by atoms with E-state index in [2.05, 4.69) is 20.9 Å². The second kappa shape index (κ2) is 15.7. The van der Waals surface area contributed by atoms with Crippen molar-refractivity contribution >= 4 is 86.6 Å². The molecule has 1 heterocycles. The summed E-state index contributed by atoms with van der Waals surface area (Å²) in [5.41, 5.74) is 2.35. The standard InChI is InChI=1S/C34H25Cl2N5O5S2/c1-20(31(42)40-34-39-30(19-47-34)27-15-12-23(35)17-28(27)36)48-26-9-5-8-24(18-26)37-33(44)29(38-32(43)22-6-3-2-4-7-22)16-21-10-13-25(14-11-21)41(45)46/h2-20H,1H3,(H,37,44)(H,38,43)(H,39,40,42)/b29-16+. The fraction of sp³-hybridized carbons (Fsp3) is 0.0588. The van der Waals surface area contributed by atoms with Crippen LogP contribution in [0, 0.1) is 10.1 Å². The van der Waals surface area contributed by atoms with E-state index in [-0.39, 0.29) is 17.3 Å². The van der Waals surface area contributed by atoms with Crippen LogP contribution in [0.1, 0.15) is 22.8 Å². The van der Waals surface area contributed by atoms with Gasteiger partial charge in [-0.3, -0.25) is 24.5 Å². The highest BCUT2D eigenvalue weighted by atomic mass is 35.5. The molecule has 10 nitrogen and oxygen atoms in total. The SMILES string of the molecule is CC(Sc1cccc(NC(=O)/C(=C\c2ccc([N+](=O)[O-])cc2)NC(=O)c2ccccc2)c1)C(=O)Nc1nc(-c2ccc(Cl)cc2Cl)cs1. The number of hydrogen-bond acceptors (Lipinski definition) is 8. The first-order chi connectivity index (χ1) is 23.0. The predicted molar refractivity (Wildman–Crippen MR) is 192 cm³/mol. The molecule has 0 radical (unpaired) electrons. The summed E-state index contributed by atoms with van der Waals surface area (Å²) >= 11 is 14.8. The molecule has 0 saturated carbocycles. The number of halogens is 2. The van der Waals surface area contributed by atoms with Crippen LogP contribution in [0.2, 0.25) is 10.0 Å². The highest BCUT2D eigenvalue weighted by Crippen LogP contribution is 2.33. The van der Waals surface area contributed by atoms with Crippen molar-refractivity contribution < 1.29 is 19.3 Å². The van der Waals surface area contributed by atoms with Crippen molar-refractivity contribution in [1.82, 2.24) is 10.3 Å². The quantitative estimate of drug-likeness (QED) is 0.0538. The number of rotatable bonds is 11. The van der Waals surface area contributed by atoms with Gasteiger partial charge in [0.25, 0.3) is 17.5 Å². The van der Waals surface area contributed by atoms with E-state index in [0.717, 1.165) is 0 Å². The van der Waals surface area contributed by atoms with Crippen molar-refractivity contribution in [2.24, 2.45) is 0 Å². The molecule has 242 valence electrons. The first kappa shape index (κ1) is 34.3. The van der Waals surface area contributed by atoms with E-state index in [9.17, 15) is 24.5 Å². The largest absolute Gasteiger partial charge is 0.321 e. The third-order valence-electron chi connectivity index (χ3n) is 6.66. The number of non-ortho nitro benzene ring substituents is 1. The Labute approximate surface area is 293 Å². The smallest absolute Gasteiger partial charge is 0.272 e. The minimum absolute atomic E-state index is 0.0776. The molecule has 4 aromatic carbocycles. The summed E-state index contributed by atoms with van der Waals surface area (Å²) in [6.45, 7) is 1.75. The molecule has 5 rings (SSSR count). The molecule has 0 bridgehead atoms. The van der Waals surface area contributed by atoms with Crippen LogP contribution in [-0.2, 0) is 9.59 Å². The molecule has 1 aromatic heterocycles. The second-order valence-corrected chi connectivity index (χ2v) is 13.2. The molecule has 48 heavy (non-hydrogen) atoms. The molecule has 3 N–H and O–H groups in total. The van der Waals surface area contributed by atoms with Crippen LogP contribution in [0.25, 0.3) is 17.3 Å². The number of nitrogens with zero attached hydrogens (tertiary/aromatic N) is 2. The van der Waals surface area contributed by atoms with E-state index < -0.39 is 22.0 Å². The zero-order valence-electron chi connectivity index (χ0n) is 25.0. The molecular weight excluding hydrogens is 693 g/mol. The van der Waals surface area contributed by atoms with Gasteiger partial charge < -0.3 is 16.0 Å². The van der Waals surface area contributed by atoms with Crippen LogP contribution in [0.15, 0.2) is 113 Å². The van der Waals surface area contributed by atoms with Gasteiger partial charge in [-0.2, -0.15) is 0 Å². The number of carbonyl (C=O) groups is 3. The Morgan fingerprint density at radius 1 is 0.938 bits per heavy atom. The van der Waals surface area contributed by atoms with Crippen LogP contribution >= 0.6 is 46.3 Å². The Hall–Kier alpha value is -5.01. The zero-order valence-corrected chi connectivity index (χ0v) is 28.1. The van der Waals surface area contributed by atoms with E-state index in [0.29, 0.717) is 48.1 Å². The number of nitro groups is 1. The van der Waals surface area contributed by atoms with Crippen molar-refractivity contribution in [2.75, 3.05) is 10.6 Å². The highest BCUT2D eigenvalue weighted by molar-refractivity contribution is 8.00. The van der Waals surface area contributed by atoms with E-state index in [1.54, 1.807) is 85.1 Å². The first-order valence-corrected chi connectivity index (χ1v) is 16.7. The number of amides is 3. The van der Waals surface area contributed by atoms with E-state index >= 15 is 0 Å². The van der Waals surface area contributed by atoms with E-state index in [4.69, 9.17) is 23.2 Å². The van der Waals surface area contributed by atoms with Gasteiger partial charge in [0.2, 0.25) is 5.91 Å². The summed E-state index contributed by atoms with van der Waals surface area (Å²) in [5, 5.41) is 22.0. The first-order valence-electron chi connectivity index (χ1n) is 14.2. The fourth-order valence-corrected chi connectivity index (χ4v) is 6.41. The van der Waals surface area contributed by atoms with Crippen LogP contribution in [0.3, 0.4) is 0 Å². The van der Waals surface area contributed by atoms with Gasteiger partial charge in [0.1, 0.15) is 5.70 Å². The number of hydrogen-bond donors (Lipinski definition) is 3. The highest BCUT2D eigenvalue weighted by Gasteiger charge is 2.19. The summed E-state index contributed by atoms with van der Waals surface area (Å²) in [7, 11) is 0. The maximum atomic E-state index is 13.5. The minimum atomic E-state index is -0.619. The molecule has 0 aliphatic heterocycles. The van der Waals surface area contributed by atoms with Crippen molar-refractivity contribution in [3.63, 3.8) is 0 Å². The summed E-state index contributed by atoms with van der Waals surface area (Å²) in [4.78, 5) is 55.1. The molecule has 0 aliphatic carbocycles. The van der Waals surface area contributed by atoms with Gasteiger partial charge in [-0.05, 0) is 79.2 Å². The third kappa shape index (κ3) is 9.07. The lowest BCUT2D eigenvalue weighted by Gasteiger charge is -2.13. The lowest BCUT2D eigenvalue weighted by Crippen LogP contribution is -2.30. The van der Waals surface area contributed by atoms with E-state index in [1.165, 1.54) is 53.4 Å². The number of nitro benzene ring substituents is 1. The summed E-state index contributed by atoms with van der Waals surface area (Å²) in [6.07, 6.45) is 1.43. The third-order valence-corrected chi connectivity index (χ3v) is 9.06. The molecule has 0 spiro atoms. The normalized spacial score (nSPS) is 11.8. The maximum Gasteiger partial charge on any atom is 0.272 e. The summed E-state index contributed by atoms with van der Waals surface area (Å²) in [6, 6.07) is 26.0. The number of thioether (sulfide) groups is 1. The summed E-state index contributed by atoms with van der Waals surface area (Å²) < 4.78 is 0. The molecule has 5 aromatic rings. The van der Waals surface area contributed by atoms with Crippen LogP contribution < -0.4 is 16.0 Å². The van der Waals surface area contributed by atoms with Gasteiger partial charge in [-0.25, -0.2) is 4.98 Å². The van der Waals surface area contributed by atoms with Gasteiger partial charge in [-0.15, -0.1) is 23.1 Å².